The molecule has 0 saturated heterocycles. The van der Waals surface area contributed by atoms with Crippen molar-refractivity contribution in [1.82, 2.24) is 0 Å². The standard InChI is InChI=1S/C12H22O4/c1-8(2)6-7-11(16-10(5)13)12(14)15-9(3)4/h8-9,11H,6-7H2,1-5H3/t11-/m1/s1. The molecule has 0 aromatic heterocycles. The number of hydrogen-bond acceptors (Lipinski definition) is 4. The molecule has 0 saturated carbocycles. The maximum Gasteiger partial charge on any atom is 0.347 e. The Morgan fingerprint density at radius 2 is 1.56 bits per heavy atom. The monoisotopic (exact) mass is 230 g/mol. The first kappa shape index (κ1) is 14.9. The molecule has 0 aliphatic heterocycles. The van der Waals surface area contributed by atoms with Crippen LogP contribution in [0.1, 0.15) is 47.5 Å². The van der Waals surface area contributed by atoms with E-state index in [1.54, 1.807) is 13.8 Å². The highest BCUT2D eigenvalue weighted by Crippen LogP contribution is 2.12. The number of rotatable bonds is 6. The third-order valence-electron chi connectivity index (χ3n) is 1.93. The molecule has 16 heavy (non-hydrogen) atoms. The molecule has 0 unspecified atom stereocenters. The van der Waals surface area contributed by atoms with Crippen LogP contribution in [0, 0.1) is 5.92 Å². The summed E-state index contributed by atoms with van der Waals surface area (Å²) in [6, 6.07) is 0. The van der Waals surface area contributed by atoms with E-state index in [0.29, 0.717) is 12.3 Å². The first-order valence-electron chi connectivity index (χ1n) is 5.70. The van der Waals surface area contributed by atoms with Crippen molar-refractivity contribution in [2.24, 2.45) is 5.92 Å². The van der Waals surface area contributed by atoms with Gasteiger partial charge in [0.1, 0.15) is 0 Å². The molecule has 0 amide bonds. The second kappa shape index (κ2) is 7.25. The Hall–Kier alpha value is -1.06. The van der Waals surface area contributed by atoms with Crippen LogP contribution in [0.2, 0.25) is 0 Å². The van der Waals surface area contributed by atoms with Gasteiger partial charge in [0.05, 0.1) is 6.10 Å². The number of carbonyl (C=O) groups excluding carboxylic acids is 2. The highest BCUT2D eigenvalue weighted by atomic mass is 16.6. The Balaban J connectivity index is 4.29. The minimum atomic E-state index is -0.762. The number of carbonyl (C=O) groups is 2. The molecule has 0 N–H and O–H groups in total. The Bertz CT molecular complexity index is 233. The van der Waals surface area contributed by atoms with Gasteiger partial charge in [-0.2, -0.15) is 0 Å². The number of hydrogen-bond donors (Lipinski definition) is 0. The SMILES string of the molecule is CC(=O)O[C@H](CCC(C)C)C(=O)OC(C)C. The smallest absolute Gasteiger partial charge is 0.347 e. The molecule has 0 heterocycles. The van der Waals surface area contributed by atoms with Gasteiger partial charge in [-0.1, -0.05) is 13.8 Å². The molecule has 0 aliphatic carbocycles. The second-order valence-corrected chi connectivity index (χ2v) is 4.55. The van der Waals surface area contributed by atoms with Crippen molar-refractivity contribution < 1.29 is 19.1 Å². The van der Waals surface area contributed by atoms with Gasteiger partial charge in [-0.15, -0.1) is 0 Å². The molecular weight excluding hydrogens is 208 g/mol. The normalized spacial score (nSPS) is 12.7. The fraction of sp³-hybridized carbons (Fsp3) is 0.833. The summed E-state index contributed by atoms with van der Waals surface area (Å²) >= 11 is 0. The van der Waals surface area contributed by atoms with Crippen LogP contribution in [0.5, 0.6) is 0 Å². The lowest BCUT2D eigenvalue weighted by atomic mass is 10.0. The predicted molar refractivity (Wildman–Crippen MR) is 60.9 cm³/mol. The maximum atomic E-state index is 11.6. The summed E-state index contributed by atoms with van der Waals surface area (Å²) < 4.78 is 9.98. The average molecular weight is 230 g/mol. The third-order valence-corrected chi connectivity index (χ3v) is 1.93. The molecule has 0 aromatic carbocycles. The van der Waals surface area contributed by atoms with Gasteiger partial charge < -0.3 is 9.47 Å². The summed E-state index contributed by atoms with van der Waals surface area (Å²) in [6.07, 6.45) is 0.389. The van der Waals surface area contributed by atoms with Gasteiger partial charge in [0.2, 0.25) is 0 Å². The van der Waals surface area contributed by atoms with Gasteiger partial charge in [-0.25, -0.2) is 4.79 Å². The van der Waals surface area contributed by atoms with E-state index in [9.17, 15) is 9.59 Å². The highest BCUT2D eigenvalue weighted by Gasteiger charge is 2.24. The van der Waals surface area contributed by atoms with E-state index in [0.717, 1.165) is 6.42 Å². The molecule has 0 aromatic rings. The van der Waals surface area contributed by atoms with Crippen molar-refractivity contribution in [3.05, 3.63) is 0 Å². The molecule has 1 atom stereocenters. The number of esters is 2. The van der Waals surface area contributed by atoms with Crippen LogP contribution < -0.4 is 0 Å². The molecule has 0 aliphatic rings. The fourth-order valence-corrected chi connectivity index (χ4v) is 1.22. The Labute approximate surface area is 97.3 Å². The van der Waals surface area contributed by atoms with E-state index in [2.05, 4.69) is 13.8 Å². The van der Waals surface area contributed by atoms with E-state index in [4.69, 9.17) is 9.47 Å². The average Bonchev–Trinajstić information content (AvgIpc) is 2.09. The van der Waals surface area contributed by atoms with Gasteiger partial charge in [0.15, 0.2) is 6.10 Å². The summed E-state index contributed by atoms with van der Waals surface area (Å²) in [4.78, 5) is 22.5. The quantitative estimate of drug-likeness (QED) is 0.657. The van der Waals surface area contributed by atoms with Crippen molar-refractivity contribution in [2.75, 3.05) is 0 Å². The zero-order chi connectivity index (χ0) is 12.7. The lowest BCUT2D eigenvalue weighted by Crippen LogP contribution is -2.30. The Kier molecular flexibility index (Phi) is 6.77. The van der Waals surface area contributed by atoms with Crippen LogP contribution >= 0.6 is 0 Å². The van der Waals surface area contributed by atoms with Gasteiger partial charge >= 0.3 is 11.9 Å². The second-order valence-electron chi connectivity index (χ2n) is 4.55. The summed E-state index contributed by atoms with van der Waals surface area (Å²) in [6.45, 7) is 8.94. The van der Waals surface area contributed by atoms with E-state index in [1.165, 1.54) is 6.92 Å². The molecule has 0 spiro atoms. The van der Waals surface area contributed by atoms with Crippen LogP contribution in [0.25, 0.3) is 0 Å². The van der Waals surface area contributed by atoms with Crippen LogP contribution in [0.3, 0.4) is 0 Å². The number of ether oxygens (including phenoxy) is 2. The summed E-state index contributed by atoms with van der Waals surface area (Å²) in [5, 5.41) is 0. The molecule has 4 heteroatoms. The molecule has 4 nitrogen and oxygen atoms in total. The lowest BCUT2D eigenvalue weighted by Gasteiger charge is -2.18. The molecule has 0 bridgehead atoms. The zero-order valence-corrected chi connectivity index (χ0v) is 10.8. The molecular formula is C12H22O4. The van der Waals surface area contributed by atoms with E-state index in [1.807, 2.05) is 0 Å². The largest absolute Gasteiger partial charge is 0.460 e. The first-order valence-corrected chi connectivity index (χ1v) is 5.70. The van der Waals surface area contributed by atoms with Crippen molar-refractivity contribution in [3.63, 3.8) is 0 Å². The van der Waals surface area contributed by atoms with Crippen molar-refractivity contribution in [2.45, 2.75) is 59.7 Å². The fourth-order valence-electron chi connectivity index (χ4n) is 1.22. The lowest BCUT2D eigenvalue weighted by molar-refractivity contribution is -0.170. The van der Waals surface area contributed by atoms with Crippen LogP contribution in [-0.4, -0.2) is 24.1 Å². The van der Waals surface area contributed by atoms with E-state index >= 15 is 0 Å². The summed E-state index contributed by atoms with van der Waals surface area (Å²) in [5.41, 5.74) is 0. The molecule has 0 fully saturated rings. The first-order chi connectivity index (χ1) is 7.32. The summed E-state index contributed by atoms with van der Waals surface area (Å²) in [5.74, 6) is -0.440. The van der Waals surface area contributed by atoms with Gasteiger partial charge in [-0.05, 0) is 32.6 Å². The maximum absolute atomic E-state index is 11.6. The zero-order valence-electron chi connectivity index (χ0n) is 10.8. The van der Waals surface area contributed by atoms with Crippen molar-refractivity contribution >= 4 is 11.9 Å². The minimum absolute atomic E-state index is 0.190. The molecule has 94 valence electrons. The van der Waals surface area contributed by atoms with Crippen LogP contribution in [0.15, 0.2) is 0 Å². The Morgan fingerprint density at radius 1 is 1.00 bits per heavy atom. The van der Waals surface area contributed by atoms with Crippen molar-refractivity contribution in [1.29, 1.82) is 0 Å². The van der Waals surface area contributed by atoms with Crippen LogP contribution in [-0.2, 0) is 19.1 Å². The van der Waals surface area contributed by atoms with Gasteiger partial charge in [0, 0.05) is 6.92 Å². The highest BCUT2D eigenvalue weighted by molar-refractivity contribution is 5.78. The summed E-state index contributed by atoms with van der Waals surface area (Å²) in [7, 11) is 0. The van der Waals surface area contributed by atoms with Crippen LogP contribution in [0.4, 0.5) is 0 Å². The van der Waals surface area contributed by atoms with Gasteiger partial charge in [0.25, 0.3) is 0 Å². The molecule has 0 radical (unpaired) electrons. The van der Waals surface area contributed by atoms with E-state index < -0.39 is 18.0 Å². The predicted octanol–water partition coefficient (Wildman–Crippen LogP) is 2.31. The Morgan fingerprint density at radius 3 is 1.94 bits per heavy atom. The van der Waals surface area contributed by atoms with Gasteiger partial charge in [-0.3, -0.25) is 4.79 Å². The minimum Gasteiger partial charge on any atom is -0.460 e. The topological polar surface area (TPSA) is 52.6 Å². The third kappa shape index (κ3) is 7.26. The van der Waals surface area contributed by atoms with Crippen molar-refractivity contribution in [3.8, 4) is 0 Å². The van der Waals surface area contributed by atoms with E-state index in [-0.39, 0.29) is 6.10 Å². The molecule has 0 rings (SSSR count).